The van der Waals surface area contributed by atoms with E-state index in [9.17, 15) is 18.0 Å². The van der Waals surface area contributed by atoms with Crippen LogP contribution in [0, 0.1) is 6.92 Å². The molecule has 0 unspecified atom stereocenters. The number of hydrogen-bond donors (Lipinski definition) is 0. The Bertz CT molecular complexity index is 1130. The number of piperazine rings is 1. The Morgan fingerprint density at radius 1 is 0.971 bits per heavy atom. The van der Waals surface area contributed by atoms with Crippen LogP contribution in [-0.2, 0) is 22.3 Å². The van der Waals surface area contributed by atoms with Crippen molar-refractivity contribution in [1.82, 2.24) is 14.9 Å². The topological polar surface area (TPSA) is 58.6 Å². The fourth-order valence-electron chi connectivity index (χ4n) is 3.78. The number of carbonyl (C=O) groups is 1. The predicted molar refractivity (Wildman–Crippen MR) is 122 cm³/mol. The largest absolute Gasteiger partial charge is 0.416 e. The molecule has 0 aliphatic carbocycles. The number of carbonyl (C=O) groups excluding carboxylic acids is 1. The van der Waals surface area contributed by atoms with E-state index in [1.54, 1.807) is 24.0 Å². The number of hydrogen-bond acceptors (Lipinski definition) is 5. The predicted octanol–water partition coefficient (Wildman–Crippen LogP) is 4.34. The summed E-state index contributed by atoms with van der Waals surface area (Å²) in [4.78, 5) is 25.1. The fourth-order valence-corrected chi connectivity index (χ4v) is 3.78. The van der Waals surface area contributed by atoms with Crippen molar-refractivity contribution in [2.24, 2.45) is 0 Å². The Labute approximate surface area is 196 Å². The molecule has 2 heterocycles. The van der Waals surface area contributed by atoms with Crippen molar-refractivity contribution in [3.8, 4) is 11.4 Å². The molecule has 0 atom stereocenters. The molecular formula is C25H25F3N4O2. The van der Waals surface area contributed by atoms with Gasteiger partial charge in [0.15, 0.2) is 5.82 Å². The number of aromatic nitrogens is 2. The van der Waals surface area contributed by atoms with Crippen molar-refractivity contribution in [2.45, 2.75) is 19.7 Å². The molecule has 0 N–H and O–H groups in total. The van der Waals surface area contributed by atoms with Crippen LogP contribution in [0.1, 0.15) is 16.8 Å². The summed E-state index contributed by atoms with van der Waals surface area (Å²) in [5.41, 5.74) is 1.24. The van der Waals surface area contributed by atoms with Crippen LogP contribution in [0.15, 0.2) is 60.7 Å². The summed E-state index contributed by atoms with van der Waals surface area (Å²) in [5, 5.41) is 0. The van der Waals surface area contributed by atoms with Crippen molar-refractivity contribution in [2.75, 3.05) is 37.7 Å². The third-order valence-electron chi connectivity index (χ3n) is 5.58. The van der Waals surface area contributed by atoms with Crippen LogP contribution in [0.5, 0.6) is 0 Å². The van der Waals surface area contributed by atoms with Gasteiger partial charge in [0.1, 0.15) is 12.4 Å². The van der Waals surface area contributed by atoms with Gasteiger partial charge in [-0.25, -0.2) is 9.97 Å². The van der Waals surface area contributed by atoms with Gasteiger partial charge in [-0.1, -0.05) is 42.5 Å². The maximum atomic E-state index is 13.1. The van der Waals surface area contributed by atoms with Crippen molar-refractivity contribution >= 4 is 11.7 Å². The first-order valence-electron chi connectivity index (χ1n) is 11.0. The molecule has 0 spiro atoms. The lowest BCUT2D eigenvalue weighted by atomic mass is 10.1. The summed E-state index contributed by atoms with van der Waals surface area (Å²) in [5.74, 6) is 0.806. The fraction of sp³-hybridized carbons (Fsp3) is 0.320. The minimum Gasteiger partial charge on any atom is -0.367 e. The van der Waals surface area contributed by atoms with E-state index >= 15 is 0 Å². The van der Waals surface area contributed by atoms with Crippen LogP contribution in [-0.4, -0.2) is 53.6 Å². The number of aryl methyl sites for hydroxylation is 1. The van der Waals surface area contributed by atoms with Crippen LogP contribution in [0.25, 0.3) is 11.4 Å². The van der Waals surface area contributed by atoms with E-state index in [0.717, 1.165) is 17.7 Å². The normalized spacial score (nSPS) is 14.4. The van der Waals surface area contributed by atoms with Gasteiger partial charge in [-0.15, -0.1) is 0 Å². The quantitative estimate of drug-likeness (QED) is 0.537. The van der Waals surface area contributed by atoms with Gasteiger partial charge in [-0.3, -0.25) is 4.79 Å². The molecule has 1 aromatic heterocycles. The van der Waals surface area contributed by atoms with Crippen LogP contribution < -0.4 is 4.90 Å². The molecule has 1 aliphatic heterocycles. The molecule has 1 saturated heterocycles. The molecule has 4 rings (SSSR count). The lowest BCUT2D eigenvalue weighted by molar-refractivity contribution is -0.138. The first-order chi connectivity index (χ1) is 16.3. The number of anilines is 1. The van der Waals surface area contributed by atoms with Gasteiger partial charge in [0, 0.05) is 43.5 Å². The number of alkyl halides is 3. The number of nitrogens with zero attached hydrogens (tertiary/aromatic N) is 4. The molecule has 1 aliphatic rings. The average Bonchev–Trinajstić information content (AvgIpc) is 2.84. The first-order valence-corrected chi connectivity index (χ1v) is 11.0. The Morgan fingerprint density at radius 3 is 2.41 bits per heavy atom. The van der Waals surface area contributed by atoms with Crippen LogP contribution in [0.4, 0.5) is 19.0 Å². The zero-order chi connectivity index (χ0) is 24.1. The van der Waals surface area contributed by atoms with Crippen LogP contribution in [0.2, 0.25) is 0 Å². The second-order valence-electron chi connectivity index (χ2n) is 8.12. The minimum atomic E-state index is -4.43. The van der Waals surface area contributed by atoms with E-state index in [1.807, 2.05) is 35.2 Å². The molecule has 0 bridgehead atoms. The second-order valence-corrected chi connectivity index (χ2v) is 8.12. The minimum absolute atomic E-state index is 0.0151. The second kappa shape index (κ2) is 10.2. The highest BCUT2D eigenvalue weighted by Crippen LogP contribution is 2.32. The number of ether oxygens (including phenoxy) is 1. The number of rotatable bonds is 6. The lowest BCUT2D eigenvalue weighted by Gasteiger charge is -2.35. The number of amides is 1. The maximum Gasteiger partial charge on any atom is 0.416 e. The molecule has 0 saturated carbocycles. The zero-order valence-corrected chi connectivity index (χ0v) is 18.8. The van der Waals surface area contributed by atoms with Crippen molar-refractivity contribution < 1.29 is 22.7 Å². The molecule has 9 heteroatoms. The Balaban J connectivity index is 1.37. The third kappa shape index (κ3) is 5.91. The Hall–Kier alpha value is -3.46. The average molecular weight is 470 g/mol. The van der Waals surface area contributed by atoms with E-state index in [4.69, 9.17) is 4.74 Å². The molecule has 1 fully saturated rings. The zero-order valence-electron chi connectivity index (χ0n) is 18.8. The van der Waals surface area contributed by atoms with E-state index in [2.05, 4.69) is 9.97 Å². The molecular weight excluding hydrogens is 445 g/mol. The molecule has 34 heavy (non-hydrogen) atoms. The van der Waals surface area contributed by atoms with Gasteiger partial charge in [0.05, 0.1) is 12.2 Å². The van der Waals surface area contributed by atoms with Crippen LogP contribution in [0.3, 0.4) is 0 Å². The SMILES string of the molecule is Cc1cc(N2CCN(C(=O)COCc3ccccc3)CC2)nc(-c2cccc(C(F)(F)F)c2)n1. The molecule has 178 valence electrons. The van der Waals surface area contributed by atoms with Crippen molar-refractivity contribution in [3.63, 3.8) is 0 Å². The lowest BCUT2D eigenvalue weighted by Crippen LogP contribution is -2.50. The van der Waals surface area contributed by atoms with Gasteiger partial charge in [0.25, 0.3) is 0 Å². The smallest absolute Gasteiger partial charge is 0.367 e. The third-order valence-corrected chi connectivity index (χ3v) is 5.58. The molecule has 0 radical (unpaired) electrons. The van der Waals surface area contributed by atoms with E-state index < -0.39 is 11.7 Å². The number of benzene rings is 2. The highest BCUT2D eigenvalue weighted by Gasteiger charge is 2.31. The van der Waals surface area contributed by atoms with Crippen LogP contribution >= 0.6 is 0 Å². The first kappa shape index (κ1) is 23.7. The van der Waals surface area contributed by atoms with Gasteiger partial charge in [0.2, 0.25) is 5.91 Å². The van der Waals surface area contributed by atoms with E-state index in [0.29, 0.717) is 49.9 Å². The van der Waals surface area contributed by atoms with E-state index in [1.165, 1.54) is 6.07 Å². The summed E-state index contributed by atoms with van der Waals surface area (Å²) in [6.45, 7) is 4.31. The standard InChI is InChI=1S/C25H25F3N4O2/c1-18-14-22(30-24(29-18)20-8-5-9-21(15-20)25(26,27)28)31-10-12-32(13-11-31)23(33)17-34-16-19-6-3-2-4-7-19/h2-9,14-15H,10-13,16-17H2,1H3. The summed E-state index contributed by atoms with van der Waals surface area (Å²) in [7, 11) is 0. The van der Waals surface area contributed by atoms with Gasteiger partial charge < -0.3 is 14.5 Å². The summed E-state index contributed by atoms with van der Waals surface area (Å²) in [6.07, 6.45) is -4.43. The maximum absolute atomic E-state index is 13.1. The monoisotopic (exact) mass is 470 g/mol. The van der Waals surface area contributed by atoms with Gasteiger partial charge >= 0.3 is 6.18 Å². The highest BCUT2D eigenvalue weighted by molar-refractivity contribution is 5.77. The van der Waals surface area contributed by atoms with E-state index in [-0.39, 0.29) is 18.3 Å². The van der Waals surface area contributed by atoms with Crippen molar-refractivity contribution in [3.05, 3.63) is 77.5 Å². The molecule has 2 aromatic carbocycles. The Kier molecular flexibility index (Phi) is 7.12. The Morgan fingerprint density at radius 2 is 1.71 bits per heavy atom. The number of halogens is 3. The highest BCUT2D eigenvalue weighted by atomic mass is 19.4. The molecule has 6 nitrogen and oxygen atoms in total. The molecule has 3 aromatic rings. The summed E-state index contributed by atoms with van der Waals surface area (Å²) in [6, 6.07) is 16.5. The van der Waals surface area contributed by atoms with Crippen molar-refractivity contribution in [1.29, 1.82) is 0 Å². The van der Waals surface area contributed by atoms with Gasteiger partial charge in [-0.2, -0.15) is 13.2 Å². The molecule has 1 amide bonds. The summed E-state index contributed by atoms with van der Waals surface area (Å²) >= 11 is 0. The summed E-state index contributed by atoms with van der Waals surface area (Å²) < 4.78 is 44.9. The van der Waals surface area contributed by atoms with Gasteiger partial charge in [-0.05, 0) is 24.6 Å².